The Hall–Kier alpha value is -0.0800. The molecule has 1 saturated carbocycles. The predicted molar refractivity (Wildman–Crippen MR) is 85.9 cm³/mol. The van der Waals surface area contributed by atoms with Gasteiger partial charge in [-0.15, -0.1) is 0 Å². The third-order valence-corrected chi connectivity index (χ3v) is 5.45. The molecule has 0 aromatic rings. The fraction of sp³-hybridized carbons (Fsp3) is 1.00. The molecule has 2 aliphatic rings. The maximum atomic E-state index is 6.36. The first-order chi connectivity index (χ1) is 9.25. The summed E-state index contributed by atoms with van der Waals surface area (Å²) < 4.78 is 6.36. The monoisotopic (exact) mass is 281 g/mol. The van der Waals surface area contributed by atoms with Crippen LogP contribution >= 0.6 is 0 Å². The van der Waals surface area contributed by atoms with Crippen molar-refractivity contribution in [2.45, 2.75) is 90.9 Å². The van der Waals surface area contributed by atoms with Gasteiger partial charge in [0.15, 0.2) is 0 Å². The standard InChI is InChI=1S/C18H35NO/c1-7-10-19-16(14-9-8-13(2)11-14)15-12-17(3,4)20-18(15,5)6/h13-16,19H,7-12H2,1-6H3. The van der Waals surface area contributed by atoms with E-state index in [0.717, 1.165) is 18.4 Å². The average molecular weight is 281 g/mol. The van der Waals surface area contributed by atoms with Crippen LogP contribution in [0.2, 0.25) is 0 Å². The summed E-state index contributed by atoms with van der Waals surface area (Å²) in [6.07, 6.45) is 6.61. The Morgan fingerprint density at radius 2 is 1.90 bits per heavy atom. The topological polar surface area (TPSA) is 21.3 Å². The highest BCUT2D eigenvalue weighted by Gasteiger charge is 2.50. The lowest BCUT2D eigenvalue weighted by atomic mass is 9.75. The average Bonchev–Trinajstić information content (AvgIpc) is 2.81. The highest BCUT2D eigenvalue weighted by Crippen LogP contribution is 2.47. The summed E-state index contributed by atoms with van der Waals surface area (Å²) in [6.45, 7) is 14.9. The molecule has 4 atom stereocenters. The van der Waals surface area contributed by atoms with Crippen LogP contribution in [0.4, 0.5) is 0 Å². The molecule has 1 aliphatic carbocycles. The third kappa shape index (κ3) is 3.57. The van der Waals surface area contributed by atoms with Crippen molar-refractivity contribution in [2.75, 3.05) is 6.54 Å². The third-order valence-electron chi connectivity index (χ3n) is 5.45. The van der Waals surface area contributed by atoms with Crippen molar-refractivity contribution < 1.29 is 4.74 Å². The second kappa shape index (κ2) is 5.96. The quantitative estimate of drug-likeness (QED) is 0.807. The zero-order valence-electron chi connectivity index (χ0n) is 14.5. The van der Waals surface area contributed by atoms with Crippen molar-refractivity contribution in [3.05, 3.63) is 0 Å². The highest BCUT2D eigenvalue weighted by molar-refractivity contribution is 5.02. The number of nitrogens with one attached hydrogen (secondary N) is 1. The fourth-order valence-corrected chi connectivity index (χ4v) is 4.69. The molecule has 1 N–H and O–H groups in total. The summed E-state index contributed by atoms with van der Waals surface area (Å²) in [5.41, 5.74) is 0.0330. The van der Waals surface area contributed by atoms with Crippen LogP contribution in [0, 0.1) is 17.8 Å². The highest BCUT2D eigenvalue weighted by atomic mass is 16.5. The van der Waals surface area contributed by atoms with Crippen LogP contribution in [-0.2, 0) is 4.74 Å². The molecule has 2 heteroatoms. The molecule has 1 saturated heterocycles. The molecule has 1 heterocycles. The van der Waals surface area contributed by atoms with Crippen LogP contribution in [0.3, 0.4) is 0 Å². The molecule has 118 valence electrons. The molecule has 0 spiro atoms. The first-order valence-corrected chi connectivity index (χ1v) is 8.69. The van der Waals surface area contributed by atoms with Crippen LogP contribution < -0.4 is 5.32 Å². The fourth-order valence-electron chi connectivity index (χ4n) is 4.69. The van der Waals surface area contributed by atoms with Gasteiger partial charge in [0.05, 0.1) is 11.2 Å². The largest absolute Gasteiger partial charge is 0.369 e. The van der Waals surface area contributed by atoms with Gasteiger partial charge in [0.25, 0.3) is 0 Å². The predicted octanol–water partition coefficient (Wildman–Crippen LogP) is 4.38. The maximum absolute atomic E-state index is 6.36. The van der Waals surface area contributed by atoms with Gasteiger partial charge < -0.3 is 10.1 Å². The lowest BCUT2D eigenvalue weighted by Gasteiger charge is -2.37. The molecule has 2 nitrogen and oxygen atoms in total. The molecular formula is C18H35NO. The lowest BCUT2D eigenvalue weighted by molar-refractivity contribution is -0.0796. The van der Waals surface area contributed by atoms with E-state index >= 15 is 0 Å². The van der Waals surface area contributed by atoms with Crippen molar-refractivity contribution in [2.24, 2.45) is 17.8 Å². The molecule has 20 heavy (non-hydrogen) atoms. The van der Waals surface area contributed by atoms with E-state index in [4.69, 9.17) is 4.74 Å². The van der Waals surface area contributed by atoms with Gasteiger partial charge in [-0.1, -0.05) is 20.3 Å². The molecule has 0 aromatic heterocycles. The zero-order valence-corrected chi connectivity index (χ0v) is 14.5. The molecule has 0 aromatic carbocycles. The molecule has 2 fully saturated rings. The lowest BCUT2D eigenvalue weighted by Crippen LogP contribution is -2.48. The van der Waals surface area contributed by atoms with Gasteiger partial charge in [-0.2, -0.15) is 0 Å². The number of ether oxygens (including phenoxy) is 1. The summed E-state index contributed by atoms with van der Waals surface area (Å²) in [7, 11) is 0. The van der Waals surface area contributed by atoms with E-state index in [-0.39, 0.29) is 11.2 Å². The van der Waals surface area contributed by atoms with E-state index in [0.29, 0.717) is 12.0 Å². The Morgan fingerprint density at radius 1 is 1.20 bits per heavy atom. The van der Waals surface area contributed by atoms with Crippen molar-refractivity contribution in [1.82, 2.24) is 5.32 Å². The van der Waals surface area contributed by atoms with E-state index in [2.05, 4.69) is 46.9 Å². The summed E-state index contributed by atoms with van der Waals surface area (Å²) in [5.74, 6) is 2.39. The molecule has 2 rings (SSSR count). The maximum Gasteiger partial charge on any atom is 0.0677 e. The Labute approximate surface area is 126 Å². The van der Waals surface area contributed by atoms with Crippen LogP contribution in [0.15, 0.2) is 0 Å². The minimum Gasteiger partial charge on any atom is -0.369 e. The number of hydrogen-bond acceptors (Lipinski definition) is 2. The van der Waals surface area contributed by atoms with Gasteiger partial charge in [0.2, 0.25) is 0 Å². The van der Waals surface area contributed by atoms with Crippen LogP contribution in [0.1, 0.15) is 73.6 Å². The van der Waals surface area contributed by atoms with E-state index in [1.54, 1.807) is 0 Å². The molecule has 0 radical (unpaired) electrons. The van der Waals surface area contributed by atoms with Gasteiger partial charge in [-0.3, -0.25) is 0 Å². The van der Waals surface area contributed by atoms with Gasteiger partial charge in [-0.25, -0.2) is 0 Å². The van der Waals surface area contributed by atoms with Crippen molar-refractivity contribution >= 4 is 0 Å². The summed E-state index contributed by atoms with van der Waals surface area (Å²) in [5, 5.41) is 3.89. The van der Waals surface area contributed by atoms with E-state index in [1.807, 2.05) is 0 Å². The smallest absolute Gasteiger partial charge is 0.0677 e. The first-order valence-electron chi connectivity index (χ1n) is 8.69. The van der Waals surface area contributed by atoms with Crippen LogP contribution in [-0.4, -0.2) is 23.8 Å². The second-order valence-corrected chi connectivity index (χ2v) is 8.43. The SMILES string of the molecule is CCCNC(C1CCC(C)C1)C1CC(C)(C)OC1(C)C. The second-order valence-electron chi connectivity index (χ2n) is 8.43. The van der Waals surface area contributed by atoms with E-state index in [1.165, 1.54) is 32.1 Å². The summed E-state index contributed by atoms with van der Waals surface area (Å²) in [6, 6.07) is 0.636. The minimum atomic E-state index is 0.000730. The van der Waals surface area contributed by atoms with Gasteiger partial charge >= 0.3 is 0 Å². The normalized spacial score (nSPS) is 37.2. The van der Waals surface area contributed by atoms with Crippen molar-refractivity contribution in [3.8, 4) is 0 Å². The Bertz CT molecular complexity index is 323. The van der Waals surface area contributed by atoms with Crippen LogP contribution in [0.25, 0.3) is 0 Å². The molecule has 0 bridgehead atoms. The van der Waals surface area contributed by atoms with Crippen molar-refractivity contribution in [1.29, 1.82) is 0 Å². The van der Waals surface area contributed by atoms with E-state index < -0.39 is 0 Å². The summed E-state index contributed by atoms with van der Waals surface area (Å²) in [4.78, 5) is 0. The number of hydrogen-bond donors (Lipinski definition) is 1. The Kier molecular flexibility index (Phi) is 4.86. The Balaban J connectivity index is 2.13. The minimum absolute atomic E-state index is 0.000730. The molecular weight excluding hydrogens is 246 g/mol. The zero-order chi connectivity index (χ0) is 15.0. The van der Waals surface area contributed by atoms with E-state index in [9.17, 15) is 0 Å². The summed E-state index contributed by atoms with van der Waals surface area (Å²) >= 11 is 0. The Morgan fingerprint density at radius 3 is 2.35 bits per heavy atom. The molecule has 1 aliphatic heterocycles. The van der Waals surface area contributed by atoms with Gasteiger partial charge in [-0.05, 0) is 71.8 Å². The van der Waals surface area contributed by atoms with Gasteiger partial charge in [0.1, 0.15) is 0 Å². The van der Waals surface area contributed by atoms with Crippen LogP contribution in [0.5, 0.6) is 0 Å². The molecule has 0 amide bonds. The molecule has 4 unspecified atom stereocenters. The van der Waals surface area contributed by atoms with Crippen molar-refractivity contribution in [3.63, 3.8) is 0 Å². The first kappa shape index (κ1) is 16.3. The van der Waals surface area contributed by atoms with Gasteiger partial charge in [0, 0.05) is 12.0 Å². The number of rotatable bonds is 5.